The molecule has 0 unspecified atom stereocenters. The van der Waals surface area contributed by atoms with E-state index in [-0.39, 0.29) is 12.0 Å². The van der Waals surface area contributed by atoms with Crippen LogP contribution in [0.15, 0.2) is 42.5 Å². The molecule has 1 N–H and O–H groups in total. The van der Waals surface area contributed by atoms with Crippen LogP contribution in [0.2, 0.25) is 0 Å². The maximum atomic E-state index is 12.6. The minimum absolute atomic E-state index is 0.0987. The summed E-state index contributed by atoms with van der Waals surface area (Å²) in [5.74, 6) is 0.717. The molecule has 0 heterocycles. The molecular formula is C23H32N2O2. The summed E-state index contributed by atoms with van der Waals surface area (Å²) in [7, 11) is 0. The number of hydrogen-bond acceptors (Lipinski definition) is 3. The summed E-state index contributed by atoms with van der Waals surface area (Å²) in [5.41, 5.74) is 3.66. The highest BCUT2D eigenvalue weighted by molar-refractivity contribution is 6.04. The maximum Gasteiger partial charge on any atom is 0.255 e. The zero-order valence-electron chi connectivity index (χ0n) is 17.4. The molecule has 0 bridgehead atoms. The molecule has 2 aromatic rings. The molecule has 0 aromatic heterocycles. The standard InChI is InChI=1S/C23H32N2O2/c1-7-25(16(2)3)15-19-8-10-20(11-9-19)23(26)24-22-13-12-21(14-18(22)6)27-17(4)5/h8-14,16-17H,7,15H2,1-6H3,(H,24,26). The predicted octanol–water partition coefficient (Wildman–Crippen LogP) is 5.26. The second-order valence-corrected chi connectivity index (χ2v) is 7.45. The van der Waals surface area contributed by atoms with Gasteiger partial charge in [0.05, 0.1) is 6.10 Å². The third kappa shape index (κ3) is 6.10. The minimum atomic E-state index is -0.0987. The van der Waals surface area contributed by atoms with Gasteiger partial charge in [0, 0.05) is 23.8 Å². The van der Waals surface area contributed by atoms with Gasteiger partial charge in [0.2, 0.25) is 0 Å². The van der Waals surface area contributed by atoms with Crippen LogP contribution in [0, 0.1) is 6.92 Å². The Morgan fingerprint density at radius 3 is 2.26 bits per heavy atom. The summed E-state index contributed by atoms with van der Waals surface area (Å²) in [4.78, 5) is 15.0. The van der Waals surface area contributed by atoms with E-state index in [0.29, 0.717) is 11.6 Å². The molecule has 0 aliphatic heterocycles. The first-order chi connectivity index (χ1) is 12.8. The smallest absolute Gasteiger partial charge is 0.255 e. The van der Waals surface area contributed by atoms with Gasteiger partial charge in [-0.1, -0.05) is 19.1 Å². The monoisotopic (exact) mass is 368 g/mol. The Hall–Kier alpha value is -2.33. The SMILES string of the molecule is CCN(Cc1ccc(C(=O)Nc2ccc(OC(C)C)cc2C)cc1)C(C)C. The number of ether oxygens (including phenoxy) is 1. The molecule has 4 heteroatoms. The Kier molecular flexibility index (Phi) is 7.43. The van der Waals surface area contributed by atoms with Gasteiger partial charge >= 0.3 is 0 Å². The molecule has 0 atom stereocenters. The molecule has 0 aliphatic carbocycles. The van der Waals surface area contributed by atoms with Crippen LogP contribution < -0.4 is 10.1 Å². The van der Waals surface area contributed by atoms with Crippen molar-refractivity contribution in [1.82, 2.24) is 4.90 Å². The molecule has 146 valence electrons. The normalized spacial score (nSPS) is 11.3. The number of hydrogen-bond donors (Lipinski definition) is 1. The van der Waals surface area contributed by atoms with Crippen molar-refractivity contribution in [2.24, 2.45) is 0 Å². The van der Waals surface area contributed by atoms with E-state index in [4.69, 9.17) is 4.74 Å². The van der Waals surface area contributed by atoms with Gasteiger partial charge in [0.25, 0.3) is 5.91 Å². The van der Waals surface area contributed by atoms with E-state index < -0.39 is 0 Å². The molecule has 0 aliphatic rings. The first kappa shape index (κ1) is 21.0. The average molecular weight is 369 g/mol. The van der Waals surface area contributed by atoms with Crippen LogP contribution in [-0.2, 0) is 6.54 Å². The molecule has 4 nitrogen and oxygen atoms in total. The quantitative estimate of drug-likeness (QED) is 0.690. The number of nitrogens with zero attached hydrogens (tertiary/aromatic N) is 1. The van der Waals surface area contributed by atoms with E-state index >= 15 is 0 Å². The first-order valence-electron chi connectivity index (χ1n) is 9.71. The number of rotatable bonds is 8. The van der Waals surface area contributed by atoms with E-state index in [1.807, 2.05) is 63.2 Å². The number of aryl methyl sites for hydroxylation is 1. The van der Waals surface area contributed by atoms with Gasteiger partial charge in [-0.3, -0.25) is 9.69 Å². The molecule has 0 saturated carbocycles. The largest absolute Gasteiger partial charge is 0.491 e. The topological polar surface area (TPSA) is 41.6 Å². The zero-order valence-corrected chi connectivity index (χ0v) is 17.4. The van der Waals surface area contributed by atoms with Gasteiger partial charge < -0.3 is 10.1 Å². The number of nitrogens with one attached hydrogen (secondary N) is 1. The van der Waals surface area contributed by atoms with Crippen molar-refractivity contribution in [3.63, 3.8) is 0 Å². The van der Waals surface area contributed by atoms with Crippen LogP contribution in [0.25, 0.3) is 0 Å². The molecule has 0 radical (unpaired) electrons. The Morgan fingerprint density at radius 1 is 1.07 bits per heavy atom. The molecule has 2 rings (SSSR count). The van der Waals surface area contributed by atoms with Crippen molar-refractivity contribution in [3.05, 3.63) is 59.2 Å². The second kappa shape index (κ2) is 9.56. The molecule has 27 heavy (non-hydrogen) atoms. The highest BCUT2D eigenvalue weighted by Gasteiger charge is 2.11. The van der Waals surface area contributed by atoms with Crippen molar-refractivity contribution in [2.45, 2.75) is 60.2 Å². The molecule has 2 aromatic carbocycles. The van der Waals surface area contributed by atoms with Crippen molar-refractivity contribution in [3.8, 4) is 5.75 Å². The van der Waals surface area contributed by atoms with E-state index in [1.54, 1.807) is 0 Å². The maximum absolute atomic E-state index is 12.6. The lowest BCUT2D eigenvalue weighted by atomic mass is 10.1. The molecule has 0 fully saturated rings. The highest BCUT2D eigenvalue weighted by Crippen LogP contribution is 2.23. The summed E-state index contributed by atoms with van der Waals surface area (Å²) in [5, 5.41) is 2.99. The third-order valence-electron chi connectivity index (χ3n) is 4.56. The van der Waals surface area contributed by atoms with Crippen molar-refractivity contribution < 1.29 is 9.53 Å². The van der Waals surface area contributed by atoms with Crippen LogP contribution in [0.4, 0.5) is 5.69 Å². The fourth-order valence-electron chi connectivity index (χ4n) is 2.97. The lowest BCUT2D eigenvalue weighted by Crippen LogP contribution is -2.29. The lowest BCUT2D eigenvalue weighted by molar-refractivity contribution is 0.102. The van der Waals surface area contributed by atoms with Gasteiger partial charge in [0.15, 0.2) is 0 Å². The van der Waals surface area contributed by atoms with Gasteiger partial charge in [-0.05, 0) is 82.6 Å². The molecule has 1 amide bonds. The van der Waals surface area contributed by atoms with Crippen molar-refractivity contribution >= 4 is 11.6 Å². The Labute approximate surface area is 163 Å². The number of carbonyl (C=O) groups excluding carboxylic acids is 1. The Morgan fingerprint density at radius 2 is 1.74 bits per heavy atom. The fourth-order valence-corrected chi connectivity index (χ4v) is 2.97. The van der Waals surface area contributed by atoms with E-state index in [2.05, 4.69) is 31.0 Å². The zero-order chi connectivity index (χ0) is 20.0. The summed E-state index contributed by atoms with van der Waals surface area (Å²) in [6, 6.07) is 14.1. The van der Waals surface area contributed by atoms with Crippen molar-refractivity contribution in [1.29, 1.82) is 0 Å². The van der Waals surface area contributed by atoms with Crippen LogP contribution in [0.1, 0.15) is 56.1 Å². The molecule has 0 spiro atoms. The van der Waals surface area contributed by atoms with Crippen molar-refractivity contribution in [2.75, 3.05) is 11.9 Å². The Bertz CT molecular complexity index is 751. The molecular weight excluding hydrogens is 336 g/mol. The minimum Gasteiger partial charge on any atom is -0.491 e. The van der Waals surface area contributed by atoms with Crippen LogP contribution in [0.5, 0.6) is 5.75 Å². The van der Waals surface area contributed by atoms with E-state index in [9.17, 15) is 4.79 Å². The Balaban J connectivity index is 2.04. The average Bonchev–Trinajstić information content (AvgIpc) is 2.61. The number of anilines is 1. The van der Waals surface area contributed by atoms with E-state index in [1.165, 1.54) is 5.56 Å². The van der Waals surface area contributed by atoms with Gasteiger partial charge in [0.1, 0.15) is 5.75 Å². The highest BCUT2D eigenvalue weighted by atomic mass is 16.5. The molecule has 0 saturated heterocycles. The predicted molar refractivity (Wildman–Crippen MR) is 113 cm³/mol. The summed E-state index contributed by atoms with van der Waals surface area (Å²) >= 11 is 0. The summed E-state index contributed by atoms with van der Waals surface area (Å²) in [6.07, 6.45) is 0.127. The number of benzene rings is 2. The number of amides is 1. The summed E-state index contributed by atoms with van der Waals surface area (Å²) in [6.45, 7) is 14.4. The van der Waals surface area contributed by atoms with Gasteiger partial charge in [-0.25, -0.2) is 0 Å². The van der Waals surface area contributed by atoms with E-state index in [0.717, 1.165) is 30.1 Å². The summed E-state index contributed by atoms with van der Waals surface area (Å²) < 4.78 is 5.69. The van der Waals surface area contributed by atoms with Gasteiger partial charge in [-0.15, -0.1) is 0 Å². The van der Waals surface area contributed by atoms with Gasteiger partial charge in [-0.2, -0.15) is 0 Å². The number of carbonyl (C=O) groups is 1. The van der Waals surface area contributed by atoms with Crippen LogP contribution in [0.3, 0.4) is 0 Å². The third-order valence-corrected chi connectivity index (χ3v) is 4.56. The van der Waals surface area contributed by atoms with Crippen LogP contribution in [-0.4, -0.2) is 29.5 Å². The second-order valence-electron chi connectivity index (χ2n) is 7.45. The fraction of sp³-hybridized carbons (Fsp3) is 0.435. The lowest BCUT2D eigenvalue weighted by Gasteiger charge is -2.24. The first-order valence-corrected chi connectivity index (χ1v) is 9.71. The van der Waals surface area contributed by atoms with Crippen LogP contribution >= 0.6 is 0 Å².